The molecule has 0 radical (unpaired) electrons. The number of hydrogen-bond donors (Lipinski definition) is 1. The van der Waals surface area contributed by atoms with Crippen molar-refractivity contribution in [2.45, 2.75) is 43.7 Å². The first-order valence-electron chi connectivity index (χ1n) is 7.69. The van der Waals surface area contributed by atoms with E-state index in [9.17, 15) is 18.4 Å². The van der Waals surface area contributed by atoms with Gasteiger partial charge in [-0.1, -0.05) is 0 Å². The SMILES string of the molecule is CN1C(=O)CCC(C(=O)NC2CC(F)(F)C2)C1c1cnn(C)c1. The van der Waals surface area contributed by atoms with Crippen LogP contribution in [0.2, 0.25) is 0 Å². The molecule has 1 saturated heterocycles. The van der Waals surface area contributed by atoms with Crippen molar-refractivity contribution in [1.82, 2.24) is 20.0 Å². The van der Waals surface area contributed by atoms with Crippen LogP contribution in [0.15, 0.2) is 12.4 Å². The van der Waals surface area contributed by atoms with Gasteiger partial charge in [0.25, 0.3) is 5.92 Å². The monoisotopic (exact) mass is 326 g/mol. The third-order valence-electron chi connectivity index (χ3n) is 4.70. The Morgan fingerprint density at radius 1 is 1.39 bits per heavy atom. The van der Waals surface area contributed by atoms with E-state index in [2.05, 4.69) is 10.4 Å². The van der Waals surface area contributed by atoms with Crippen molar-refractivity contribution in [3.05, 3.63) is 18.0 Å². The predicted octanol–water partition coefficient (Wildman–Crippen LogP) is 1.24. The largest absolute Gasteiger partial charge is 0.353 e. The van der Waals surface area contributed by atoms with Crippen molar-refractivity contribution in [2.24, 2.45) is 13.0 Å². The molecule has 1 aliphatic carbocycles. The maximum absolute atomic E-state index is 12.9. The van der Waals surface area contributed by atoms with Gasteiger partial charge in [-0.3, -0.25) is 14.3 Å². The van der Waals surface area contributed by atoms with E-state index >= 15 is 0 Å². The number of carbonyl (C=O) groups excluding carboxylic acids is 2. The molecular formula is C15H20F2N4O2. The molecular weight excluding hydrogens is 306 g/mol. The molecule has 1 aliphatic heterocycles. The molecule has 1 aromatic rings. The molecule has 2 amide bonds. The number of piperidine rings is 1. The van der Waals surface area contributed by atoms with Crippen molar-refractivity contribution in [3.8, 4) is 0 Å². The minimum atomic E-state index is -2.67. The van der Waals surface area contributed by atoms with Crippen LogP contribution >= 0.6 is 0 Å². The second-order valence-corrected chi connectivity index (χ2v) is 6.51. The average Bonchev–Trinajstić information content (AvgIpc) is 2.85. The van der Waals surface area contributed by atoms with Crippen LogP contribution in [0.3, 0.4) is 0 Å². The Bertz CT molecular complexity index is 623. The summed E-state index contributed by atoms with van der Waals surface area (Å²) in [6, 6.07) is -0.888. The molecule has 6 nitrogen and oxygen atoms in total. The van der Waals surface area contributed by atoms with Crippen molar-refractivity contribution >= 4 is 11.8 Å². The standard InChI is InChI=1S/C15H20F2N4O2/c1-20-8-9(7-18-20)13-11(3-4-12(22)21(13)2)14(23)19-10-5-15(16,17)6-10/h7-8,10-11,13H,3-6H2,1-2H3,(H,19,23). The molecule has 3 rings (SSSR count). The molecule has 1 N–H and O–H groups in total. The summed E-state index contributed by atoms with van der Waals surface area (Å²) in [5.74, 6) is -3.41. The number of carbonyl (C=O) groups is 2. The first-order chi connectivity index (χ1) is 10.8. The molecule has 0 spiro atoms. The maximum atomic E-state index is 12.9. The zero-order valence-corrected chi connectivity index (χ0v) is 13.1. The van der Waals surface area contributed by atoms with E-state index in [1.54, 1.807) is 36.1 Å². The van der Waals surface area contributed by atoms with Gasteiger partial charge in [0.15, 0.2) is 0 Å². The second kappa shape index (κ2) is 5.58. The molecule has 2 fully saturated rings. The minimum Gasteiger partial charge on any atom is -0.353 e. The number of alkyl halides is 2. The van der Waals surface area contributed by atoms with Crippen molar-refractivity contribution in [3.63, 3.8) is 0 Å². The lowest BCUT2D eigenvalue weighted by molar-refractivity contribution is -0.144. The Morgan fingerprint density at radius 2 is 2.09 bits per heavy atom. The zero-order chi connectivity index (χ0) is 16.8. The van der Waals surface area contributed by atoms with Gasteiger partial charge in [-0.2, -0.15) is 5.10 Å². The number of amides is 2. The third kappa shape index (κ3) is 3.07. The van der Waals surface area contributed by atoms with Crippen LogP contribution in [0, 0.1) is 5.92 Å². The summed E-state index contributed by atoms with van der Waals surface area (Å²) in [4.78, 5) is 26.1. The number of nitrogens with one attached hydrogen (secondary N) is 1. The van der Waals surface area contributed by atoms with Crippen LogP contribution in [0.25, 0.3) is 0 Å². The van der Waals surface area contributed by atoms with E-state index in [4.69, 9.17) is 0 Å². The van der Waals surface area contributed by atoms with Crippen molar-refractivity contribution in [1.29, 1.82) is 0 Å². The number of hydrogen-bond acceptors (Lipinski definition) is 3. The summed E-state index contributed by atoms with van der Waals surface area (Å²) < 4.78 is 27.5. The fraction of sp³-hybridized carbons (Fsp3) is 0.667. The Kier molecular flexibility index (Phi) is 3.85. The highest BCUT2D eigenvalue weighted by molar-refractivity contribution is 5.85. The maximum Gasteiger partial charge on any atom is 0.252 e. The number of halogens is 2. The first kappa shape index (κ1) is 15.9. The Labute approximate surface area is 132 Å². The Balaban J connectivity index is 1.75. The number of aryl methyl sites for hydroxylation is 1. The number of nitrogens with zero attached hydrogens (tertiary/aromatic N) is 3. The van der Waals surface area contributed by atoms with E-state index in [0.717, 1.165) is 5.56 Å². The van der Waals surface area contributed by atoms with Crippen LogP contribution in [-0.4, -0.2) is 45.5 Å². The first-order valence-corrected chi connectivity index (χ1v) is 7.69. The summed E-state index contributed by atoms with van der Waals surface area (Å²) in [5.41, 5.74) is 0.780. The molecule has 23 heavy (non-hydrogen) atoms. The van der Waals surface area contributed by atoms with Gasteiger partial charge in [0.2, 0.25) is 11.8 Å². The van der Waals surface area contributed by atoms with Crippen LogP contribution in [-0.2, 0) is 16.6 Å². The van der Waals surface area contributed by atoms with Crippen LogP contribution in [0.1, 0.15) is 37.3 Å². The lowest BCUT2D eigenvalue weighted by atomic mass is 9.83. The normalized spacial score (nSPS) is 27.7. The second-order valence-electron chi connectivity index (χ2n) is 6.51. The minimum absolute atomic E-state index is 0.0296. The topological polar surface area (TPSA) is 67.2 Å². The highest BCUT2D eigenvalue weighted by Crippen LogP contribution is 2.39. The van der Waals surface area contributed by atoms with E-state index in [0.29, 0.717) is 6.42 Å². The van der Waals surface area contributed by atoms with Gasteiger partial charge in [0.05, 0.1) is 18.2 Å². The summed E-state index contributed by atoms with van der Waals surface area (Å²) >= 11 is 0. The van der Waals surface area contributed by atoms with Crippen LogP contribution in [0.4, 0.5) is 8.78 Å². The van der Waals surface area contributed by atoms with E-state index in [-0.39, 0.29) is 31.1 Å². The lowest BCUT2D eigenvalue weighted by Crippen LogP contribution is -2.54. The van der Waals surface area contributed by atoms with E-state index in [1.165, 1.54) is 0 Å². The Hall–Kier alpha value is -1.99. The molecule has 8 heteroatoms. The van der Waals surface area contributed by atoms with E-state index < -0.39 is 23.9 Å². The van der Waals surface area contributed by atoms with Crippen LogP contribution in [0.5, 0.6) is 0 Å². The van der Waals surface area contributed by atoms with Crippen molar-refractivity contribution in [2.75, 3.05) is 7.05 Å². The zero-order valence-electron chi connectivity index (χ0n) is 13.1. The fourth-order valence-corrected chi connectivity index (χ4v) is 3.43. The molecule has 0 bridgehead atoms. The average molecular weight is 326 g/mol. The number of likely N-dealkylation sites (tertiary alicyclic amines) is 1. The third-order valence-corrected chi connectivity index (χ3v) is 4.70. The summed E-state index contributed by atoms with van der Waals surface area (Å²) in [5, 5.41) is 6.80. The molecule has 2 atom stereocenters. The molecule has 0 aromatic carbocycles. The summed E-state index contributed by atoms with van der Waals surface area (Å²) in [6.07, 6.45) is 3.49. The van der Waals surface area contributed by atoms with Gasteiger partial charge >= 0.3 is 0 Å². The number of rotatable bonds is 3. The number of aromatic nitrogens is 2. The predicted molar refractivity (Wildman–Crippen MR) is 77.6 cm³/mol. The molecule has 1 saturated carbocycles. The highest BCUT2D eigenvalue weighted by atomic mass is 19.3. The van der Waals surface area contributed by atoms with Gasteiger partial charge in [-0.05, 0) is 6.42 Å². The highest BCUT2D eigenvalue weighted by Gasteiger charge is 2.47. The smallest absolute Gasteiger partial charge is 0.252 e. The van der Waals surface area contributed by atoms with E-state index in [1.807, 2.05) is 0 Å². The van der Waals surface area contributed by atoms with Gasteiger partial charge in [-0.25, -0.2) is 8.78 Å². The van der Waals surface area contributed by atoms with Gasteiger partial charge in [0, 0.05) is 51.2 Å². The summed E-state index contributed by atoms with van der Waals surface area (Å²) in [6.45, 7) is 0. The van der Waals surface area contributed by atoms with Crippen LogP contribution < -0.4 is 5.32 Å². The van der Waals surface area contributed by atoms with Gasteiger partial charge in [0.1, 0.15) is 0 Å². The molecule has 1 aromatic heterocycles. The molecule has 2 aliphatic rings. The molecule has 126 valence electrons. The molecule has 2 heterocycles. The van der Waals surface area contributed by atoms with Gasteiger partial charge < -0.3 is 10.2 Å². The van der Waals surface area contributed by atoms with Crippen molar-refractivity contribution < 1.29 is 18.4 Å². The fourth-order valence-electron chi connectivity index (χ4n) is 3.43. The molecule has 2 unspecified atom stereocenters. The summed E-state index contributed by atoms with van der Waals surface area (Å²) in [7, 11) is 3.43. The Morgan fingerprint density at radius 3 is 2.65 bits per heavy atom. The quantitative estimate of drug-likeness (QED) is 0.909. The lowest BCUT2D eigenvalue weighted by Gasteiger charge is -2.40. The van der Waals surface area contributed by atoms with Gasteiger partial charge in [-0.15, -0.1) is 0 Å².